The molecule has 0 aliphatic carbocycles. The lowest BCUT2D eigenvalue weighted by atomic mass is 10.1. The Morgan fingerprint density at radius 3 is 2.33 bits per heavy atom. The Morgan fingerprint density at radius 1 is 1.04 bits per heavy atom. The van der Waals surface area contributed by atoms with Gasteiger partial charge in [0.2, 0.25) is 5.91 Å². The molecule has 0 spiro atoms. The number of carboxylic acid groups (broad SMARTS) is 1. The van der Waals surface area contributed by atoms with Crippen LogP contribution in [0.4, 0.5) is 4.39 Å². The van der Waals surface area contributed by atoms with E-state index < -0.39 is 23.7 Å². The third-order valence-electron chi connectivity index (χ3n) is 3.33. The number of rotatable bonds is 8. The summed E-state index contributed by atoms with van der Waals surface area (Å²) in [7, 11) is 0. The standard InChI is InChI=1S/C18H18FNO4/c19-15-8-6-13(7-9-15)10-16(18(22)23)20-17(21)12-24-11-14-4-2-1-3-5-14/h1-9,16H,10-12H2,(H,20,21)(H,22,23)/t16-/m1/s1. The second-order valence-corrected chi connectivity index (χ2v) is 5.27. The maximum absolute atomic E-state index is 12.9. The Kier molecular flexibility index (Phi) is 6.45. The Bertz CT molecular complexity index is 673. The third-order valence-corrected chi connectivity index (χ3v) is 3.33. The molecule has 2 N–H and O–H groups in total. The number of carboxylic acids is 1. The van der Waals surface area contributed by atoms with Crippen LogP contribution in [0.15, 0.2) is 54.6 Å². The fourth-order valence-corrected chi connectivity index (χ4v) is 2.13. The average molecular weight is 331 g/mol. The third kappa shape index (κ3) is 5.81. The van der Waals surface area contributed by atoms with Crippen LogP contribution < -0.4 is 5.32 Å². The van der Waals surface area contributed by atoms with Crippen molar-refractivity contribution in [2.45, 2.75) is 19.1 Å². The molecule has 1 amide bonds. The summed E-state index contributed by atoms with van der Waals surface area (Å²) in [5.41, 5.74) is 1.54. The smallest absolute Gasteiger partial charge is 0.326 e. The Hall–Kier alpha value is -2.73. The monoisotopic (exact) mass is 331 g/mol. The number of amides is 1. The zero-order valence-electron chi connectivity index (χ0n) is 12.9. The SMILES string of the molecule is O=C(COCc1ccccc1)N[C@H](Cc1ccc(F)cc1)C(=O)O. The molecule has 126 valence electrons. The fraction of sp³-hybridized carbons (Fsp3) is 0.222. The molecule has 0 radical (unpaired) electrons. The van der Waals surface area contributed by atoms with Crippen LogP contribution in [-0.4, -0.2) is 29.6 Å². The summed E-state index contributed by atoms with van der Waals surface area (Å²) < 4.78 is 18.1. The highest BCUT2D eigenvalue weighted by atomic mass is 19.1. The molecular weight excluding hydrogens is 313 g/mol. The number of carbonyl (C=O) groups excluding carboxylic acids is 1. The molecule has 0 unspecified atom stereocenters. The molecule has 0 saturated heterocycles. The van der Waals surface area contributed by atoms with Crippen LogP contribution in [0, 0.1) is 5.82 Å². The van der Waals surface area contributed by atoms with Crippen LogP contribution >= 0.6 is 0 Å². The van der Waals surface area contributed by atoms with Crippen molar-refractivity contribution in [3.05, 3.63) is 71.5 Å². The van der Waals surface area contributed by atoms with E-state index in [0.29, 0.717) is 5.56 Å². The lowest BCUT2D eigenvalue weighted by molar-refractivity contribution is -0.142. The van der Waals surface area contributed by atoms with Gasteiger partial charge in [0, 0.05) is 6.42 Å². The minimum Gasteiger partial charge on any atom is -0.480 e. The summed E-state index contributed by atoms with van der Waals surface area (Å²) in [6.45, 7) is 0.0338. The predicted octanol–water partition coefficient (Wildman–Crippen LogP) is 2.15. The fourth-order valence-electron chi connectivity index (χ4n) is 2.13. The number of halogens is 1. The number of ether oxygens (including phenoxy) is 1. The molecule has 0 aliphatic heterocycles. The van der Waals surface area contributed by atoms with Gasteiger partial charge in [-0.15, -0.1) is 0 Å². The van der Waals surface area contributed by atoms with Crippen LogP contribution in [0.25, 0.3) is 0 Å². The van der Waals surface area contributed by atoms with Gasteiger partial charge in [-0.1, -0.05) is 42.5 Å². The number of aliphatic carboxylic acids is 1. The van der Waals surface area contributed by atoms with Gasteiger partial charge in [-0.2, -0.15) is 0 Å². The Labute approximate surface area is 139 Å². The van der Waals surface area contributed by atoms with Crippen molar-refractivity contribution >= 4 is 11.9 Å². The van der Waals surface area contributed by atoms with Gasteiger partial charge in [0.25, 0.3) is 0 Å². The topological polar surface area (TPSA) is 75.6 Å². The molecule has 2 aromatic rings. The average Bonchev–Trinajstić information content (AvgIpc) is 2.57. The van der Waals surface area contributed by atoms with E-state index in [4.69, 9.17) is 4.74 Å². The summed E-state index contributed by atoms with van der Waals surface area (Å²) in [5, 5.41) is 11.6. The van der Waals surface area contributed by atoms with E-state index in [9.17, 15) is 19.1 Å². The van der Waals surface area contributed by atoms with Crippen molar-refractivity contribution in [3.63, 3.8) is 0 Å². The molecule has 6 heteroatoms. The lowest BCUT2D eigenvalue weighted by Crippen LogP contribution is -2.43. The zero-order chi connectivity index (χ0) is 17.4. The van der Waals surface area contributed by atoms with Crippen molar-refractivity contribution in [1.29, 1.82) is 0 Å². The zero-order valence-corrected chi connectivity index (χ0v) is 12.9. The van der Waals surface area contributed by atoms with Crippen LogP contribution in [-0.2, 0) is 27.4 Å². The molecule has 5 nitrogen and oxygen atoms in total. The van der Waals surface area contributed by atoms with E-state index in [-0.39, 0.29) is 19.6 Å². The first-order valence-electron chi connectivity index (χ1n) is 7.43. The lowest BCUT2D eigenvalue weighted by Gasteiger charge is -2.15. The number of hydrogen-bond donors (Lipinski definition) is 2. The van der Waals surface area contributed by atoms with E-state index in [1.165, 1.54) is 24.3 Å². The van der Waals surface area contributed by atoms with Crippen molar-refractivity contribution < 1.29 is 23.8 Å². The molecule has 2 rings (SSSR count). The van der Waals surface area contributed by atoms with E-state index in [1.54, 1.807) is 0 Å². The quantitative estimate of drug-likeness (QED) is 0.777. The number of nitrogens with one attached hydrogen (secondary N) is 1. The van der Waals surface area contributed by atoms with Gasteiger partial charge in [-0.3, -0.25) is 4.79 Å². The molecule has 0 heterocycles. The highest BCUT2D eigenvalue weighted by molar-refractivity contribution is 5.84. The van der Waals surface area contributed by atoms with E-state index >= 15 is 0 Å². The molecule has 1 atom stereocenters. The molecule has 0 aromatic heterocycles. The molecular formula is C18H18FNO4. The summed E-state index contributed by atoms with van der Waals surface area (Å²) in [4.78, 5) is 23.1. The van der Waals surface area contributed by atoms with Crippen molar-refractivity contribution in [2.75, 3.05) is 6.61 Å². The van der Waals surface area contributed by atoms with Crippen LogP contribution in [0.5, 0.6) is 0 Å². The highest BCUT2D eigenvalue weighted by Gasteiger charge is 2.20. The van der Waals surface area contributed by atoms with Gasteiger partial charge in [0.1, 0.15) is 18.5 Å². The minimum atomic E-state index is -1.16. The largest absolute Gasteiger partial charge is 0.480 e. The first-order chi connectivity index (χ1) is 11.5. The minimum absolute atomic E-state index is 0.0695. The molecule has 0 fully saturated rings. The predicted molar refractivity (Wildman–Crippen MR) is 85.8 cm³/mol. The second-order valence-electron chi connectivity index (χ2n) is 5.27. The van der Waals surface area contributed by atoms with E-state index in [2.05, 4.69) is 5.32 Å². The molecule has 24 heavy (non-hydrogen) atoms. The molecule has 0 bridgehead atoms. The van der Waals surface area contributed by atoms with Crippen LogP contribution in [0.2, 0.25) is 0 Å². The Balaban J connectivity index is 1.82. The highest BCUT2D eigenvalue weighted by Crippen LogP contribution is 2.06. The van der Waals surface area contributed by atoms with E-state index in [0.717, 1.165) is 5.56 Å². The van der Waals surface area contributed by atoms with Gasteiger partial charge in [-0.25, -0.2) is 9.18 Å². The van der Waals surface area contributed by atoms with Crippen molar-refractivity contribution in [3.8, 4) is 0 Å². The number of benzene rings is 2. The van der Waals surface area contributed by atoms with Gasteiger partial charge in [-0.05, 0) is 23.3 Å². The first kappa shape index (κ1) is 17.6. The van der Waals surface area contributed by atoms with Gasteiger partial charge in [0.05, 0.1) is 6.61 Å². The maximum Gasteiger partial charge on any atom is 0.326 e. The first-order valence-corrected chi connectivity index (χ1v) is 7.43. The van der Waals surface area contributed by atoms with Crippen molar-refractivity contribution in [1.82, 2.24) is 5.32 Å². The number of hydrogen-bond acceptors (Lipinski definition) is 3. The molecule has 0 aliphatic rings. The second kappa shape index (κ2) is 8.79. The Morgan fingerprint density at radius 2 is 1.71 bits per heavy atom. The molecule has 2 aromatic carbocycles. The summed E-state index contributed by atoms with van der Waals surface area (Å²) in [5.74, 6) is -2.07. The normalized spacial score (nSPS) is 11.7. The number of carbonyl (C=O) groups is 2. The van der Waals surface area contributed by atoms with E-state index in [1.807, 2.05) is 30.3 Å². The maximum atomic E-state index is 12.9. The van der Waals surface area contributed by atoms with Gasteiger partial charge >= 0.3 is 5.97 Å². The summed E-state index contributed by atoms with van der Waals surface area (Å²) in [6, 6.07) is 13.7. The summed E-state index contributed by atoms with van der Waals surface area (Å²) in [6.07, 6.45) is 0.0695. The van der Waals surface area contributed by atoms with Gasteiger partial charge in [0.15, 0.2) is 0 Å². The van der Waals surface area contributed by atoms with Gasteiger partial charge < -0.3 is 15.2 Å². The summed E-state index contributed by atoms with van der Waals surface area (Å²) >= 11 is 0. The van der Waals surface area contributed by atoms with Crippen molar-refractivity contribution in [2.24, 2.45) is 0 Å². The van der Waals surface area contributed by atoms with Crippen LogP contribution in [0.1, 0.15) is 11.1 Å². The van der Waals surface area contributed by atoms with Crippen LogP contribution in [0.3, 0.4) is 0 Å². The molecule has 0 saturated carbocycles.